The quantitative estimate of drug-likeness (QED) is 0.459. The standard InChI is InChI=1S/C7H4F3NO4S/c8-7(9,10)16(13,14)15-6-2-1-5(4-12)3-11-6/h1-4H. The van der Waals surface area contributed by atoms with Crippen LogP contribution in [0.3, 0.4) is 0 Å². The van der Waals surface area contributed by atoms with Crippen molar-refractivity contribution in [3.63, 3.8) is 0 Å². The Morgan fingerprint density at radius 2 is 1.94 bits per heavy atom. The van der Waals surface area contributed by atoms with E-state index in [2.05, 4.69) is 9.17 Å². The number of hydrogen-bond acceptors (Lipinski definition) is 5. The van der Waals surface area contributed by atoms with E-state index in [1.54, 1.807) is 0 Å². The third-order valence-corrected chi connectivity index (χ3v) is 2.33. The Kier molecular flexibility index (Phi) is 3.17. The first-order chi connectivity index (χ1) is 7.26. The molecule has 1 aromatic rings. The molecular formula is C7H4F3NO4S. The van der Waals surface area contributed by atoms with Crippen molar-refractivity contribution in [2.45, 2.75) is 5.51 Å². The van der Waals surface area contributed by atoms with Crippen LogP contribution in [0.4, 0.5) is 13.2 Å². The normalized spacial score (nSPS) is 12.2. The van der Waals surface area contributed by atoms with E-state index in [4.69, 9.17) is 0 Å². The topological polar surface area (TPSA) is 73.3 Å². The van der Waals surface area contributed by atoms with Gasteiger partial charge in [0.2, 0.25) is 5.88 Å². The van der Waals surface area contributed by atoms with Crippen molar-refractivity contribution in [3.8, 4) is 5.88 Å². The van der Waals surface area contributed by atoms with Gasteiger partial charge < -0.3 is 4.18 Å². The van der Waals surface area contributed by atoms with Crippen LogP contribution in [0.15, 0.2) is 18.3 Å². The predicted molar refractivity (Wildman–Crippen MR) is 45.2 cm³/mol. The van der Waals surface area contributed by atoms with E-state index in [0.29, 0.717) is 6.29 Å². The molecule has 0 aromatic carbocycles. The minimum Gasteiger partial charge on any atom is -0.355 e. The lowest BCUT2D eigenvalue weighted by Gasteiger charge is -2.07. The summed E-state index contributed by atoms with van der Waals surface area (Å²) in [6, 6.07) is 1.91. The fourth-order valence-electron chi connectivity index (χ4n) is 0.670. The Balaban J connectivity index is 2.93. The van der Waals surface area contributed by atoms with Gasteiger partial charge in [-0.25, -0.2) is 4.98 Å². The van der Waals surface area contributed by atoms with E-state index in [9.17, 15) is 26.4 Å². The number of nitrogens with zero attached hydrogens (tertiary/aromatic N) is 1. The Morgan fingerprint density at radius 1 is 1.31 bits per heavy atom. The van der Waals surface area contributed by atoms with Crippen LogP contribution in [0.25, 0.3) is 0 Å². The number of rotatable bonds is 3. The fourth-order valence-corrected chi connectivity index (χ4v) is 1.09. The summed E-state index contributed by atoms with van der Waals surface area (Å²) in [6.07, 6.45) is 1.28. The minimum absolute atomic E-state index is 0.0803. The van der Waals surface area contributed by atoms with Crippen LogP contribution in [0.2, 0.25) is 0 Å². The lowest BCUT2D eigenvalue weighted by Crippen LogP contribution is -2.28. The number of halogens is 3. The molecule has 16 heavy (non-hydrogen) atoms. The number of aldehydes is 1. The minimum atomic E-state index is -5.72. The van der Waals surface area contributed by atoms with Gasteiger partial charge >= 0.3 is 15.6 Å². The number of carbonyl (C=O) groups is 1. The average molecular weight is 255 g/mol. The first-order valence-corrected chi connectivity index (χ1v) is 5.09. The maximum absolute atomic E-state index is 11.9. The summed E-state index contributed by atoms with van der Waals surface area (Å²) >= 11 is 0. The summed E-state index contributed by atoms with van der Waals surface area (Å²) in [6.45, 7) is 0. The van der Waals surface area contributed by atoms with Crippen molar-refractivity contribution >= 4 is 16.4 Å². The highest BCUT2D eigenvalue weighted by atomic mass is 32.2. The maximum atomic E-state index is 11.9. The molecule has 0 radical (unpaired) electrons. The Bertz CT molecular complexity index is 479. The molecule has 0 aliphatic rings. The largest absolute Gasteiger partial charge is 0.534 e. The SMILES string of the molecule is O=Cc1ccc(OS(=O)(=O)C(F)(F)F)nc1. The molecule has 5 nitrogen and oxygen atoms in total. The number of carbonyl (C=O) groups excluding carboxylic acids is 1. The number of alkyl halides is 3. The van der Waals surface area contributed by atoms with E-state index < -0.39 is 21.5 Å². The first kappa shape index (κ1) is 12.4. The van der Waals surface area contributed by atoms with Crippen molar-refractivity contribution in [1.29, 1.82) is 0 Å². The van der Waals surface area contributed by atoms with Crippen LogP contribution in [0, 0.1) is 0 Å². The Morgan fingerprint density at radius 3 is 2.31 bits per heavy atom. The summed E-state index contributed by atoms with van der Waals surface area (Å²) in [4.78, 5) is 13.4. The number of aromatic nitrogens is 1. The number of hydrogen-bond donors (Lipinski definition) is 0. The Hall–Kier alpha value is -1.64. The zero-order valence-corrected chi connectivity index (χ0v) is 8.25. The average Bonchev–Trinajstić information content (AvgIpc) is 2.16. The van der Waals surface area contributed by atoms with E-state index in [-0.39, 0.29) is 5.56 Å². The van der Waals surface area contributed by atoms with Gasteiger partial charge in [0.05, 0.1) is 0 Å². The molecule has 0 spiro atoms. The first-order valence-electron chi connectivity index (χ1n) is 3.68. The van der Waals surface area contributed by atoms with E-state index >= 15 is 0 Å². The molecule has 0 N–H and O–H groups in total. The molecule has 0 aliphatic carbocycles. The second-order valence-corrected chi connectivity index (χ2v) is 4.07. The predicted octanol–water partition coefficient (Wildman–Crippen LogP) is 1.12. The van der Waals surface area contributed by atoms with E-state index in [1.807, 2.05) is 0 Å². The highest BCUT2D eigenvalue weighted by Gasteiger charge is 2.48. The molecule has 0 aliphatic heterocycles. The molecule has 88 valence electrons. The van der Waals surface area contributed by atoms with Crippen LogP contribution < -0.4 is 4.18 Å². The molecule has 0 saturated carbocycles. The second kappa shape index (κ2) is 4.08. The van der Waals surface area contributed by atoms with E-state index in [0.717, 1.165) is 18.3 Å². The van der Waals surface area contributed by atoms with Gasteiger partial charge in [0.15, 0.2) is 6.29 Å². The second-order valence-electron chi connectivity index (χ2n) is 2.53. The summed E-state index contributed by atoms with van der Waals surface area (Å²) in [7, 11) is -5.72. The van der Waals surface area contributed by atoms with Gasteiger partial charge in [-0.05, 0) is 6.07 Å². The lowest BCUT2D eigenvalue weighted by molar-refractivity contribution is -0.0501. The van der Waals surface area contributed by atoms with Crippen LogP contribution in [0.1, 0.15) is 10.4 Å². The highest BCUT2D eigenvalue weighted by Crippen LogP contribution is 2.25. The van der Waals surface area contributed by atoms with Crippen molar-refractivity contribution < 1.29 is 30.6 Å². The molecule has 0 saturated heterocycles. The summed E-state index contributed by atoms with van der Waals surface area (Å²) in [5.74, 6) is -0.761. The summed E-state index contributed by atoms with van der Waals surface area (Å²) in [5.41, 5.74) is -5.44. The molecular weight excluding hydrogens is 251 g/mol. The molecule has 1 heterocycles. The van der Waals surface area contributed by atoms with E-state index in [1.165, 1.54) is 0 Å². The van der Waals surface area contributed by atoms with Crippen molar-refractivity contribution in [2.75, 3.05) is 0 Å². The van der Waals surface area contributed by atoms with Gasteiger partial charge in [0, 0.05) is 17.8 Å². The maximum Gasteiger partial charge on any atom is 0.534 e. The summed E-state index contributed by atoms with van der Waals surface area (Å²) < 4.78 is 60.3. The zero-order chi connectivity index (χ0) is 12.4. The van der Waals surface area contributed by atoms with Crippen molar-refractivity contribution in [1.82, 2.24) is 4.98 Å². The molecule has 9 heteroatoms. The van der Waals surface area contributed by atoms with Crippen molar-refractivity contribution in [3.05, 3.63) is 23.9 Å². The van der Waals surface area contributed by atoms with Gasteiger partial charge in [0.1, 0.15) is 0 Å². The van der Waals surface area contributed by atoms with Gasteiger partial charge in [0.25, 0.3) is 0 Å². The molecule has 1 rings (SSSR count). The van der Waals surface area contributed by atoms with Crippen LogP contribution in [0.5, 0.6) is 5.88 Å². The van der Waals surface area contributed by atoms with Crippen molar-refractivity contribution in [2.24, 2.45) is 0 Å². The fraction of sp³-hybridized carbons (Fsp3) is 0.143. The van der Waals surface area contributed by atoms with Gasteiger partial charge in [-0.3, -0.25) is 4.79 Å². The van der Waals surface area contributed by atoms with Crippen LogP contribution in [-0.2, 0) is 10.1 Å². The van der Waals surface area contributed by atoms with Gasteiger partial charge in [-0.15, -0.1) is 0 Å². The third kappa shape index (κ3) is 2.69. The summed E-state index contributed by atoms with van der Waals surface area (Å²) in [5, 5.41) is 0. The van der Waals surface area contributed by atoms with Crippen LogP contribution >= 0.6 is 0 Å². The van der Waals surface area contributed by atoms with Crippen LogP contribution in [-0.4, -0.2) is 25.2 Å². The molecule has 0 bridgehead atoms. The molecule has 1 aromatic heterocycles. The number of pyridine rings is 1. The lowest BCUT2D eigenvalue weighted by atomic mass is 10.3. The third-order valence-electron chi connectivity index (χ3n) is 1.37. The molecule has 0 atom stereocenters. The molecule has 0 unspecified atom stereocenters. The highest BCUT2D eigenvalue weighted by molar-refractivity contribution is 7.87. The molecule has 0 fully saturated rings. The monoisotopic (exact) mass is 255 g/mol. The van der Waals surface area contributed by atoms with Gasteiger partial charge in [-0.1, -0.05) is 0 Å². The zero-order valence-electron chi connectivity index (χ0n) is 7.43. The van der Waals surface area contributed by atoms with Gasteiger partial charge in [-0.2, -0.15) is 21.6 Å². The Labute approximate surface area is 88.0 Å². The molecule has 0 amide bonds. The smallest absolute Gasteiger partial charge is 0.355 e.